The minimum atomic E-state index is -0.810. The van der Waals surface area contributed by atoms with Gasteiger partial charge >= 0.3 is 6.03 Å². The highest BCUT2D eigenvalue weighted by Crippen LogP contribution is 2.42. The van der Waals surface area contributed by atoms with Crippen LogP contribution in [0.5, 0.6) is 0 Å². The standard InChI is InChI=1S/C13H21N3O3/c1-8(2)6-14-10(17)7-16-11(18)13(3,9-4-5-9)15-12(16)19/h8-9H,4-7H2,1-3H3,(H,14,17)(H,15,19)/t13-/m0/s1. The first-order valence-corrected chi connectivity index (χ1v) is 6.75. The van der Waals surface area contributed by atoms with Gasteiger partial charge in [-0.1, -0.05) is 13.8 Å². The zero-order valence-electron chi connectivity index (χ0n) is 11.7. The van der Waals surface area contributed by atoms with Gasteiger partial charge in [0.1, 0.15) is 12.1 Å². The highest BCUT2D eigenvalue weighted by atomic mass is 16.2. The van der Waals surface area contributed by atoms with Crippen LogP contribution in [0.25, 0.3) is 0 Å². The largest absolute Gasteiger partial charge is 0.354 e. The van der Waals surface area contributed by atoms with Gasteiger partial charge in [-0.25, -0.2) is 4.79 Å². The lowest BCUT2D eigenvalue weighted by Gasteiger charge is -2.20. The molecule has 0 spiro atoms. The van der Waals surface area contributed by atoms with Crippen molar-refractivity contribution in [2.24, 2.45) is 11.8 Å². The molecule has 2 aliphatic rings. The first-order chi connectivity index (χ1) is 8.84. The van der Waals surface area contributed by atoms with Crippen LogP contribution >= 0.6 is 0 Å². The summed E-state index contributed by atoms with van der Waals surface area (Å²) < 4.78 is 0. The number of nitrogens with zero attached hydrogens (tertiary/aromatic N) is 1. The molecule has 0 aromatic carbocycles. The first kappa shape index (κ1) is 13.8. The van der Waals surface area contributed by atoms with Crippen molar-refractivity contribution in [1.29, 1.82) is 0 Å². The number of rotatable bonds is 5. The van der Waals surface area contributed by atoms with Gasteiger partial charge in [0.2, 0.25) is 5.91 Å². The average molecular weight is 267 g/mol. The predicted molar refractivity (Wildman–Crippen MR) is 69.2 cm³/mol. The van der Waals surface area contributed by atoms with Gasteiger partial charge in [0.05, 0.1) is 0 Å². The second kappa shape index (κ2) is 4.83. The lowest BCUT2D eigenvalue weighted by Crippen LogP contribution is -2.47. The number of hydrogen-bond donors (Lipinski definition) is 2. The van der Waals surface area contributed by atoms with Crippen LogP contribution in [0.15, 0.2) is 0 Å². The van der Waals surface area contributed by atoms with Crippen molar-refractivity contribution in [1.82, 2.24) is 15.5 Å². The van der Waals surface area contributed by atoms with Gasteiger partial charge in [0, 0.05) is 6.54 Å². The van der Waals surface area contributed by atoms with Crippen molar-refractivity contribution in [3.63, 3.8) is 0 Å². The van der Waals surface area contributed by atoms with E-state index in [0.717, 1.165) is 17.7 Å². The van der Waals surface area contributed by atoms with Gasteiger partial charge in [-0.2, -0.15) is 0 Å². The number of carbonyl (C=O) groups is 3. The van der Waals surface area contributed by atoms with E-state index >= 15 is 0 Å². The first-order valence-electron chi connectivity index (χ1n) is 6.75. The molecule has 0 radical (unpaired) electrons. The Morgan fingerprint density at radius 1 is 1.47 bits per heavy atom. The molecule has 19 heavy (non-hydrogen) atoms. The van der Waals surface area contributed by atoms with E-state index in [0.29, 0.717) is 12.5 Å². The van der Waals surface area contributed by atoms with E-state index in [4.69, 9.17) is 0 Å². The summed E-state index contributed by atoms with van der Waals surface area (Å²) in [4.78, 5) is 36.8. The van der Waals surface area contributed by atoms with Crippen LogP contribution in [0.4, 0.5) is 4.79 Å². The van der Waals surface area contributed by atoms with Gasteiger partial charge in [0.25, 0.3) is 5.91 Å². The van der Waals surface area contributed by atoms with E-state index in [1.165, 1.54) is 0 Å². The molecule has 106 valence electrons. The zero-order chi connectivity index (χ0) is 14.2. The van der Waals surface area contributed by atoms with Crippen LogP contribution in [0, 0.1) is 11.8 Å². The van der Waals surface area contributed by atoms with E-state index in [2.05, 4.69) is 10.6 Å². The van der Waals surface area contributed by atoms with E-state index in [9.17, 15) is 14.4 Å². The molecule has 1 heterocycles. The molecule has 6 nitrogen and oxygen atoms in total. The summed E-state index contributed by atoms with van der Waals surface area (Å²) in [5.74, 6) is -0.0200. The van der Waals surface area contributed by atoms with Gasteiger partial charge in [-0.3, -0.25) is 14.5 Å². The zero-order valence-corrected chi connectivity index (χ0v) is 11.7. The Bertz CT molecular complexity index is 417. The maximum Gasteiger partial charge on any atom is 0.325 e. The van der Waals surface area contributed by atoms with Crippen molar-refractivity contribution >= 4 is 17.8 Å². The number of hydrogen-bond acceptors (Lipinski definition) is 3. The summed E-state index contributed by atoms with van der Waals surface area (Å²) in [7, 11) is 0. The highest BCUT2D eigenvalue weighted by Gasteiger charge is 2.56. The number of carbonyl (C=O) groups excluding carboxylic acids is 3. The number of nitrogens with one attached hydrogen (secondary N) is 2. The summed E-state index contributed by atoms with van der Waals surface area (Å²) in [6, 6.07) is -0.459. The molecule has 0 aromatic heterocycles. The molecular weight excluding hydrogens is 246 g/mol. The Balaban J connectivity index is 1.95. The summed E-state index contributed by atoms with van der Waals surface area (Å²) >= 11 is 0. The molecule has 0 bridgehead atoms. The molecule has 1 atom stereocenters. The molecule has 0 aromatic rings. The third-order valence-electron chi connectivity index (χ3n) is 3.70. The Labute approximate surface area is 112 Å². The van der Waals surface area contributed by atoms with Gasteiger partial charge in [0.15, 0.2) is 0 Å². The Morgan fingerprint density at radius 2 is 2.11 bits per heavy atom. The van der Waals surface area contributed by atoms with E-state index in [1.807, 2.05) is 13.8 Å². The second-order valence-corrected chi connectivity index (χ2v) is 6.00. The number of urea groups is 1. The average Bonchev–Trinajstić information content (AvgIpc) is 3.13. The molecule has 1 aliphatic heterocycles. The molecule has 0 unspecified atom stereocenters. The summed E-state index contributed by atoms with van der Waals surface area (Å²) in [6.07, 6.45) is 1.91. The molecule has 2 N–H and O–H groups in total. The van der Waals surface area contributed by atoms with Crippen molar-refractivity contribution < 1.29 is 14.4 Å². The van der Waals surface area contributed by atoms with E-state index in [1.54, 1.807) is 6.92 Å². The van der Waals surface area contributed by atoms with E-state index in [-0.39, 0.29) is 24.3 Å². The SMILES string of the molecule is CC(C)CNC(=O)CN1C(=O)N[C@@](C)(C2CC2)C1=O. The van der Waals surface area contributed by atoms with Crippen molar-refractivity contribution in [2.75, 3.05) is 13.1 Å². The van der Waals surface area contributed by atoms with E-state index < -0.39 is 11.6 Å². The Hall–Kier alpha value is -1.59. The van der Waals surface area contributed by atoms with Crippen LogP contribution in [-0.4, -0.2) is 41.4 Å². The molecule has 2 rings (SSSR count). The molecule has 1 saturated carbocycles. The minimum absolute atomic E-state index is 0.195. The van der Waals surface area contributed by atoms with Crippen LogP contribution in [0.2, 0.25) is 0 Å². The van der Waals surface area contributed by atoms with Crippen LogP contribution in [0.1, 0.15) is 33.6 Å². The highest BCUT2D eigenvalue weighted by molar-refractivity contribution is 6.09. The monoisotopic (exact) mass is 267 g/mol. The molecular formula is C13H21N3O3. The second-order valence-electron chi connectivity index (χ2n) is 6.00. The Kier molecular flexibility index (Phi) is 3.52. The maximum absolute atomic E-state index is 12.3. The van der Waals surface area contributed by atoms with Gasteiger partial charge < -0.3 is 10.6 Å². The third-order valence-corrected chi connectivity index (χ3v) is 3.70. The molecule has 4 amide bonds. The fourth-order valence-electron chi connectivity index (χ4n) is 2.31. The van der Waals surface area contributed by atoms with Crippen molar-refractivity contribution in [3.05, 3.63) is 0 Å². The molecule has 1 aliphatic carbocycles. The summed E-state index contributed by atoms with van der Waals surface area (Å²) in [5.41, 5.74) is -0.810. The number of imide groups is 1. The van der Waals surface area contributed by atoms with Crippen molar-refractivity contribution in [3.8, 4) is 0 Å². The smallest absolute Gasteiger partial charge is 0.325 e. The summed E-state index contributed by atoms with van der Waals surface area (Å²) in [6.45, 7) is 6.06. The molecule has 2 fully saturated rings. The summed E-state index contributed by atoms with van der Waals surface area (Å²) in [5, 5.41) is 5.43. The Morgan fingerprint density at radius 3 is 2.63 bits per heavy atom. The topological polar surface area (TPSA) is 78.5 Å². The fourth-order valence-corrected chi connectivity index (χ4v) is 2.31. The quantitative estimate of drug-likeness (QED) is 0.711. The lowest BCUT2D eigenvalue weighted by molar-refractivity contribution is -0.135. The third kappa shape index (κ3) is 2.72. The minimum Gasteiger partial charge on any atom is -0.354 e. The number of amides is 4. The van der Waals surface area contributed by atoms with Crippen LogP contribution in [0.3, 0.4) is 0 Å². The predicted octanol–water partition coefficient (Wildman–Crippen LogP) is 0.479. The normalized spacial score (nSPS) is 26.8. The van der Waals surface area contributed by atoms with Crippen LogP contribution < -0.4 is 10.6 Å². The van der Waals surface area contributed by atoms with Crippen molar-refractivity contribution in [2.45, 2.75) is 39.2 Å². The maximum atomic E-state index is 12.3. The van der Waals surface area contributed by atoms with Crippen LogP contribution in [-0.2, 0) is 9.59 Å². The molecule has 6 heteroatoms. The van der Waals surface area contributed by atoms with Gasteiger partial charge in [-0.15, -0.1) is 0 Å². The van der Waals surface area contributed by atoms with Gasteiger partial charge in [-0.05, 0) is 31.6 Å². The lowest BCUT2D eigenvalue weighted by atomic mass is 9.96. The molecule has 1 saturated heterocycles. The fraction of sp³-hybridized carbons (Fsp3) is 0.769.